The number of nitrogens with zero attached hydrogens (tertiary/aromatic N) is 4. The van der Waals surface area contributed by atoms with Crippen LogP contribution in [0.2, 0.25) is 0 Å². The lowest BCUT2D eigenvalue weighted by atomic mass is 9.92. The zero-order valence-corrected chi connectivity index (χ0v) is 22.8. The summed E-state index contributed by atoms with van der Waals surface area (Å²) in [5.74, 6) is -0.574. The topological polar surface area (TPSA) is 82.6 Å². The molecule has 6 rings (SSSR count). The summed E-state index contributed by atoms with van der Waals surface area (Å²) in [6.07, 6.45) is 3.72. The molecule has 2 aliphatic rings. The summed E-state index contributed by atoms with van der Waals surface area (Å²) in [6.45, 7) is 6.69. The van der Waals surface area contributed by atoms with E-state index in [1.165, 1.54) is 11.0 Å². The van der Waals surface area contributed by atoms with Crippen LogP contribution >= 0.6 is 0 Å². The lowest BCUT2D eigenvalue weighted by molar-refractivity contribution is 0.0270. The Hall–Kier alpha value is -3.79. The van der Waals surface area contributed by atoms with E-state index in [9.17, 15) is 13.6 Å². The second-order valence-electron chi connectivity index (χ2n) is 10.5. The van der Waals surface area contributed by atoms with E-state index in [4.69, 9.17) is 19.0 Å². The quantitative estimate of drug-likeness (QED) is 0.253. The first-order valence-electron chi connectivity index (χ1n) is 13.8. The number of fused-ring (bicyclic) bond motifs is 1. The predicted molar refractivity (Wildman–Crippen MR) is 145 cm³/mol. The number of hydrogen-bond donors (Lipinski definition) is 0. The van der Waals surface area contributed by atoms with Gasteiger partial charge in [0.25, 0.3) is 0 Å². The van der Waals surface area contributed by atoms with Gasteiger partial charge in [-0.2, -0.15) is 0 Å². The largest absolute Gasteiger partial charge is 0.449 e. The van der Waals surface area contributed by atoms with Crippen molar-refractivity contribution in [1.29, 1.82) is 0 Å². The molecule has 1 aliphatic carbocycles. The molecule has 1 atom stereocenters. The number of ether oxygens (including phenoxy) is 2. The first-order chi connectivity index (χ1) is 19.4. The van der Waals surface area contributed by atoms with Crippen molar-refractivity contribution in [2.75, 3.05) is 18.1 Å². The van der Waals surface area contributed by atoms with Gasteiger partial charge in [0.15, 0.2) is 11.6 Å². The molecule has 0 N–H and O–H groups in total. The molecule has 0 radical (unpaired) electrons. The normalized spacial score (nSPS) is 21.7. The highest BCUT2D eigenvalue weighted by atomic mass is 19.2. The van der Waals surface area contributed by atoms with E-state index in [1.54, 1.807) is 0 Å². The molecule has 1 aliphatic heterocycles. The second kappa shape index (κ2) is 10.6. The first-order valence-corrected chi connectivity index (χ1v) is 13.8. The lowest BCUT2D eigenvalue weighted by Crippen LogP contribution is -2.42. The zero-order valence-electron chi connectivity index (χ0n) is 22.8. The van der Waals surface area contributed by atoms with Crippen LogP contribution in [0.1, 0.15) is 68.4 Å². The van der Waals surface area contributed by atoms with Gasteiger partial charge in [-0.25, -0.2) is 18.6 Å². The summed E-state index contributed by atoms with van der Waals surface area (Å²) < 4.78 is 47.0. The Morgan fingerprint density at radius 1 is 1.02 bits per heavy atom. The maximum Gasteiger partial charge on any atom is 0.414 e. The summed E-state index contributed by atoms with van der Waals surface area (Å²) in [7, 11) is 0. The number of carbonyl (C=O) groups excluding carboxylic acids is 1. The summed E-state index contributed by atoms with van der Waals surface area (Å²) in [5, 5.41) is 4.10. The van der Waals surface area contributed by atoms with Crippen molar-refractivity contribution >= 4 is 22.8 Å². The number of imidazole rings is 1. The standard InChI is InChI=1S/C30H32F2N4O4/c1-4-38-22-9-6-20(7-10-22)35-26-12-5-19(28-17(2)34-40-18(28)3)15-25(26)33-29(35)27-13-14-39-30(37)36(27)21-8-11-23(31)24(32)16-21/h5,8,11-12,15-16,20,22,27H,4,6-7,9-10,13-14H2,1-3H3. The monoisotopic (exact) mass is 550 g/mol. The Kier molecular flexibility index (Phi) is 7.04. The number of anilines is 1. The van der Waals surface area contributed by atoms with Crippen LogP contribution in [0.5, 0.6) is 0 Å². The number of aromatic nitrogens is 3. The van der Waals surface area contributed by atoms with Crippen LogP contribution in [-0.2, 0) is 9.47 Å². The van der Waals surface area contributed by atoms with Gasteiger partial charge in [-0.15, -0.1) is 0 Å². The molecule has 1 saturated heterocycles. The van der Waals surface area contributed by atoms with Crippen LogP contribution in [0.3, 0.4) is 0 Å². The first kappa shape index (κ1) is 26.4. The number of carbonyl (C=O) groups is 1. The van der Waals surface area contributed by atoms with E-state index < -0.39 is 23.8 Å². The summed E-state index contributed by atoms with van der Waals surface area (Å²) >= 11 is 0. The number of benzene rings is 2. The Bertz CT molecular complexity index is 1540. The second-order valence-corrected chi connectivity index (χ2v) is 10.5. The summed E-state index contributed by atoms with van der Waals surface area (Å²) in [4.78, 5) is 19.6. The summed E-state index contributed by atoms with van der Waals surface area (Å²) in [6, 6.07) is 9.21. The maximum atomic E-state index is 14.3. The van der Waals surface area contributed by atoms with E-state index in [1.807, 2.05) is 32.9 Å². The molecule has 0 bridgehead atoms. The molecule has 2 aromatic carbocycles. The van der Waals surface area contributed by atoms with Crippen molar-refractivity contribution in [3.8, 4) is 11.1 Å². The molecule has 2 aromatic heterocycles. The van der Waals surface area contributed by atoms with Gasteiger partial charge in [0.2, 0.25) is 0 Å². The number of halogens is 2. The van der Waals surface area contributed by atoms with Crippen LogP contribution in [0.4, 0.5) is 19.3 Å². The third-order valence-electron chi connectivity index (χ3n) is 8.05. The van der Waals surface area contributed by atoms with E-state index in [-0.39, 0.29) is 24.4 Å². The number of amides is 1. The predicted octanol–water partition coefficient (Wildman–Crippen LogP) is 7.19. The van der Waals surface area contributed by atoms with Gasteiger partial charge in [-0.05, 0) is 76.3 Å². The average Bonchev–Trinajstić information content (AvgIpc) is 3.49. The molecule has 10 heteroatoms. The van der Waals surface area contributed by atoms with E-state index in [0.717, 1.165) is 71.4 Å². The van der Waals surface area contributed by atoms with Gasteiger partial charge in [0, 0.05) is 30.7 Å². The van der Waals surface area contributed by atoms with Gasteiger partial charge in [-0.3, -0.25) is 4.90 Å². The van der Waals surface area contributed by atoms with E-state index >= 15 is 0 Å². The summed E-state index contributed by atoms with van der Waals surface area (Å²) in [5.41, 5.74) is 4.63. The molecule has 4 aromatic rings. The molecular formula is C30H32F2N4O4. The van der Waals surface area contributed by atoms with Gasteiger partial charge in [0.1, 0.15) is 17.6 Å². The third kappa shape index (κ3) is 4.64. The van der Waals surface area contributed by atoms with Crippen LogP contribution in [0, 0.1) is 25.5 Å². The molecule has 1 saturated carbocycles. The minimum Gasteiger partial charge on any atom is -0.449 e. The molecule has 210 valence electrons. The van der Waals surface area contributed by atoms with Crippen LogP contribution in [0.25, 0.3) is 22.2 Å². The van der Waals surface area contributed by atoms with Crippen molar-refractivity contribution in [2.24, 2.45) is 0 Å². The molecule has 1 unspecified atom stereocenters. The van der Waals surface area contributed by atoms with Gasteiger partial charge in [0.05, 0.1) is 35.1 Å². The molecular weight excluding hydrogens is 518 g/mol. The molecule has 1 amide bonds. The van der Waals surface area contributed by atoms with E-state index in [2.05, 4.69) is 15.8 Å². The average molecular weight is 551 g/mol. The fourth-order valence-electron chi connectivity index (χ4n) is 6.24. The van der Waals surface area contributed by atoms with Crippen molar-refractivity contribution in [3.05, 3.63) is 65.3 Å². The molecule has 40 heavy (non-hydrogen) atoms. The Labute approximate surface area is 230 Å². The Morgan fingerprint density at radius 3 is 2.52 bits per heavy atom. The molecule has 0 spiro atoms. The fourth-order valence-corrected chi connectivity index (χ4v) is 6.24. The smallest absolute Gasteiger partial charge is 0.414 e. The van der Waals surface area contributed by atoms with Gasteiger partial charge in [-0.1, -0.05) is 11.2 Å². The highest BCUT2D eigenvalue weighted by Gasteiger charge is 2.38. The van der Waals surface area contributed by atoms with Crippen molar-refractivity contribution in [3.63, 3.8) is 0 Å². The molecule has 3 heterocycles. The van der Waals surface area contributed by atoms with Gasteiger partial charge < -0.3 is 18.6 Å². The highest BCUT2D eigenvalue weighted by molar-refractivity contribution is 5.90. The number of cyclic esters (lactones) is 1. The van der Waals surface area contributed by atoms with Crippen LogP contribution in [-0.4, -0.2) is 40.1 Å². The maximum absolute atomic E-state index is 14.3. The van der Waals surface area contributed by atoms with Crippen molar-refractivity contribution in [2.45, 2.75) is 71.1 Å². The van der Waals surface area contributed by atoms with Crippen LogP contribution < -0.4 is 4.90 Å². The Morgan fingerprint density at radius 2 is 1.82 bits per heavy atom. The van der Waals surface area contributed by atoms with Crippen molar-refractivity contribution in [1.82, 2.24) is 14.7 Å². The molecule has 2 fully saturated rings. The Balaban J connectivity index is 1.48. The molecule has 8 nitrogen and oxygen atoms in total. The lowest BCUT2D eigenvalue weighted by Gasteiger charge is -2.37. The van der Waals surface area contributed by atoms with Crippen molar-refractivity contribution < 1.29 is 27.6 Å². The zero-order chi connectivity index (χ0) is 28.0. The fraction of sp³-hybridized carbons (Fsp3) is 0.433. The third-order valence-corrected chi connectivity index (χ3v) is 8.05. The number of hydrogen-bond acceptors (Lipinski definition) is 6. The van der Waals surface area contributed by atoms with Crippen LogP contribution in [0.15, 0.2) is 40.9 Å². The van der Waals surface area contributed by atoms with E-state index in [0.29, 0.717) is 18.9 Å². The minimum absolute atomic E-state index is 0.145. The minimum atomic E-state index is -1.03. The SMILES string of the molecule is CCOC1CCC(n2c(C3CCOC(=O)N3c3ccc(F)c(F)c3)nc3cc(-c4c(C)noc4C)ccc32)CC1. The van der Waals surface area contributed by atoms with Gasteiger partial charge >= 0.3 is 6.09 Å². The number of aryl methyl sites for hydroxylation is 2. The highest BCUT2D eigenvalue weighted by Crippen LogP contribution is 2.41. The number of rotatable bonds is 6.